The van der Waals surface area contributed by atoms with Crippen LogP contribution in [0.2, 0.25) is 0 Å². The van der Waals surface area contributed by atoms with Crippen LogP contribution in [0.15, 0.2) is 60.8 Å². The zero-order chi connectivity index (χ0) is 19.1. The van der Waals surface area contributed by atoms with E-state index in [-0.39, 0.29) is 18.4 Å². The number of amides is 2. The first kappa shape index (κ1) is 18.7. The maximum atomic E-state index is 12.2. The Kier molecular flexibility index (Phi) is 6.26. The minimum Gasteiger partial charge on any atom is -0.361 e. The highest BCUT2D eigenvalue weighted by atomic mass is 16.2. The number of carbonyl (C=O) groups is 2. The van der Waals surface area contributed by atoms with Gasteiger partial charge in [0.25, 0.3) is 0 Å². The molecule has 27 heavy (non-hydrogen) atoms. The number of carbonyl (C=O) groups excluding carboxylic acids is 2. The lowest BCUT2D eigenvalue weighted by atomic mass is 10.1. The van der Waals surface area contributed by atoms with Gasteiger partial charge in [-0.2, -0.15) is 0 Å². The molecule has 0 saturated carbocycles. The van der Waals surface area contributed by atoms with Gasteiger partial charge in [-0.1, -0.05) is 48.5 Å². The third kappa shape index (κ3) is 5.20. The third-order valence-electron chi connectivity index (χ3n) is 4.68. The fourth-order valence-corrected chi connectivity index (χ4v) is 3.16. The first-order valence-corrected chi connectivity index (χ1v) is 9.24. The van der Waals surface area contributed by atoms with Gasteiger partial charge >= 0.3 is 0 Å². The van der Waals surface area contributed by atoms with Gasteiger partial charge in [-0.25, -0.2) is 0 Å². The summed E-state index contributed by atoms with van der Waals surface area (Å²) in [5, 5.41) is 4.10. The lowest BCUT2D eigenvalue weighted by Gasteiger charge is -2.20. The van der Waals surface area contributed by atoms with Crippen LogP contribution in [0.1, 0.15) is 18.1 Å². The van der Waals surface area contributed by atoms with Crippen LogP contribution in [0.4, 0.5) is 0 Å². The van der Waals surface area contributed by atoms with Crippen LogP contribution in [-0.4, -0.2) is 41.3 Å². The zero-order valence-corrected chi connectivity index (χ0v) is 15.6. The van der Waals surface area contributed by atoms with Crippen molar-refractivity contribution in [3.8, 4) is 0 Å². The molecule has 2 N–H and O–H groups in total. The molecule has 5 nitrogen and oxygen atoms in total. The monoisotopic (exact) mass is 363 g/mol. The van der Waals surface area contributed by atoms with Crippen molar-refractivity contribution in [2.75, 3.05) is 19.6 Å². The molecule has 2 amide bonds. The van der Waals surface area contributed by atoms with Gasteiger partial charge in [0.05, 0.1) is 6.54 Å². The van der Waals surface area contributed by atoms with E-state index in [9.17, 15) is 9.59 Å². The Balaban J connectivity index is 1.47. The smallest absolute Gasteiger partial charge is 0.239 e. The van der Waals surface area contributed by atoms with Crippen molar-refractivity contribution in [2.24, 2.45) is 0 Å². The van der Waals surface area contributed by atoms with E-state index in [1.165, 1.54) is 17.9 Å². The summed E-state index contributed by atoms with van der Waals surface area (Å²) in [5.74, 6) is -0.212. The number of para-hydroxylation sites is 1. The van der Waals surface area contributed by atoms with Crippen LogP contribution in [0.5, 0.6) is 0 Å². The van der Waals surface area contributed by atoms with Gasteiger partial charge < -0.3 is 15.2 Å². The molecule has 1 aromatic heterocycles. The number of nitrogens with zero attached hydrogens (tertiary/aromatic N) is 1. The van der Waals surface area contributed by atoms with E-state index < -0.39 is 0 Å². The fourth-order valence-electron chi connectivity index (χ4n) is 3.16. The van der Waals surface area contributed by atoms with Crippen molar-refractivity contribution in [1.82, 2.24) is 15.2 Å². The van der Waals surface area contributed by atoms with Gasteiger partial charge in [0.2, 0.25) is 11.8 Å². The highest BCUT2D eigenvalue weighted by Crippen LogP contribution is 2.17. The Morgan fingerprint density at radius 2 is 1.74 bits per heavy atom. The minimum atomic E-state index is -0.127. The van der Waals surface area contributed by atoms with Crippen LogP contribution in [-0.2, 0) is 22.4 Å². The molecular formula is C22H25N3O2. The van der Waals surface area contributed by atoms with Gasteiger partial charge in [-0.15, -0.1) is 0 Å². The summed E-state index contributed by atoms with van der Waals surface area (Å²) >= 11 is 0. The predicted molar refractivity (Wildman–Crippen MR) is 107 cm³/mol. The summed E-state index contributed by atoms with van der Waals surface area (Å²) in [6.45, 7) is 2.68. The van der Waals surface area contributed by atoms with E-state index in [2.05, 4.69) is 16.4 Å². The van der Waals surface area contributed by atoms with Crippen molar-refractivity contribution in [3.63, 3.8) is 0 Å². The van der Waals surface area contributed by atoms with Gasteiger partial charge in [-0.3, -0.25) is 9.59 Å². The van der Waals surface area contributed by atoms with Crippen LogP contribution < -0.4 is 5.32 Å². The molecule has 0 radical (unpaired) electrons. The Hall–Kier alpha value is -3.08. The van der Waals surface area contributed by atoms with E-state index in [1.54, 1.807) is 4.90 Å². The second-order valence-corrected chi connectivity index (χ2v) is 6.64. The standard InChI is InChI=1S/C22H25N3O2/c1-17(26)25(14-12-18-7-3-2-4-8-18)16-22(27)23-13-11-19-15-24-21-10-6-5-9-20(19)21/h2-10,15,24H,11-14,16H2,1H3,(H,23,27). The van der Waals surface area contributed by atoms with E-state index in [1.807, 2.05) is 54.7 Å². The largest absolute Gasteiger partial charge is 0.361 e. The Labute approximate surface area is 159 Å². The average Bonchev–Trinajstić information content (AvgIpc) is 3.09. The molecule has 0 aliphatic carbocycles. The molecule has 0 atom stereocenters. The van der Waals surface area contributed by atoms with Crippen molar-refractivity contribution in [1.29, 1.82) is 0 Å². The Bertz CT molecular complexity index is 902. The number of aromatic amines is 1. The van der Waals surface area contributed by atoms with Crippen LogP contribution in [0, 0.1) is 0 Å². The highest BCUT2D eigenvalue weighted by Gasteiger charge is 2.13. The van der Waals surface area contributed by atoms with Gasteiger partial charge in [-0.05, 0) is 30.0 Å². The zero-order valence-electron chi connectivity index (χ0n) is 15.6. The molecule has 0 bridgehead atoms. The second-order valence-electron chi connectivity index (χ2n) is 6.64. The van der Waals surface area contributed by atoms with E-state index >= 15 is 0 Å². The SMILES string of the molecule is CC(=O)N(CCc1ccccc1)CC(=O)NCCc1c[nH]c2ccccc12. The maximum Gasteiger partial charge on any atom is 0.239 e. The molecule has 1 heterocycles. The van der Waals surface area contributed by atoms with Crippen molar-refractivity contribution < 1.29 is 9.59 Å². The summed E-state index contributed by atoms with van der Waals surface area (Å²) in [4.78, 5) is 28.9. The quantitative estimate of drug-likeness (QED) is 0.646. The van der Waals surface area contributed by atoms with Gasteiger partial charge in [0, 0.05) is 37.1 Å². The summed E-state index contributed by atoms with van der Waals surface area (Å²) in [7, 11) is 0. The summed E-state index contributed by atoms with van der Waals surface area (Å²) in [6.07, 6.45) is 3.47. The topological polar surface area (TPSA) is 65.2 Å². The number of hydrogen-bond acceptors (Lipinski definition) is 2. The molecule has 5 heteroatoms. The lowest BCUT2D eigenvalue weighted by molar-refractivity contribution is -0.134. The molecular weight excluding hydrogens is 338 g/mol. The van der Waals surface area contributed by atoms with Crippen molar-refractivity contribution >= 4 is 22.7 Å². The number of H-pyrrole nitrogens is 1. The lowest BCUT2D eigenvalue weighted by Crippen LogP contribution is -2.41. The van der Waals surface area contributed by atoms with Crippen molar-refractivity contribution in [3.05, 3.63) is 71.9 Å². The molecule has 3 rings (SSSR count). The van der Waals surface area contributed by atoms with E-state index in [4.69, 9.17) is 0 Å². The Morgan fingerprint density at radius 1 is 1.00 bits per heavy atom. The van der Waals surface area contributed by atoms with Gasteiger partial charge in [0.1, 0.15) is 0 Å². The number of aromatic nitrogens is 1. The van der Waals surface area contributed by atoms with Crippen LogP contribution in [0.3, 0.4) is 0 Å². The molecule has 0 saturated heterocycles. The van der Waals surface area contributed by atoms with Crippen LogP contribution in [0.25, 0.3) is 10.9 Å². The molecule has 0 unspecified atom stereocenters. The number of benzene rings is 2. The molecule has 0 aliphatic heterocycles. The van der Waals surface area contributed by atoms with Crippen LogP contribution >= 0.6 is 0 Å². The third-order valence-corrected chi connectivity index (χ3v) is 4.68. The first-order chi connectivity index (χ1) is 13.1. The van der Waals surface area contributed by atoms with E-state index in [0.717, 1.165) is 23.9 Å². The predicted octanol–water partition coefficient (Wildman–Crippen LogP) is 2.92. The van der Waals surface area contributed by atoms with E-state index in [0.29, 0.717) is 13.1 Å². The number of nitrogens with one attached hydrogen (secondary N) is 2. The minimum absolute atomic E-state index is 0.0855. The maximum absolute atomic E-state index is 12.2. The number of hydrogen-bond donors (Lipinski definition) is 2. The number of fused-ring (bicyclic) bond motifs is 1. The molecule has 0 aliphatic rings. The highest BCUT2D eigenvalue weighted by molar-refractivity contribution is 5.84. The molecule has 0 spiro atoms. The summed E-state index contributed by atoms with van der Waals surface area (Å²) in [6, 6.07) is 18.1. The molecule has 140 valence electrons. The number of rotatable bonds is 8. The normalized spacial score (nSPS) is 10.7. The molecule has 2 aromatic carbocycles. The average molecular weight is 363 g/mol. The van der Waals surface area contributed by atoms with Crippen molar-refractivity contribution in [2.45, 2.75) is 19.8 Å². The Morgan fingerprint density at radius 3 is 2.52 bits per heavy atom. The first-order valence-electron chi connectivity index (χ1n) is 9.24. The fraction of sp³-hybridized carbons (Fsp3) is 0.273. The molecule has 0 fully saturated rings. The summed E-state index contributed by atoms with van der Waals surface area (Å²) < 4.78 is 0. The van der Waals surface area contributed by atoms with Gasteiger partial charge in [0.15, 0.2) is 0 Å². The molecule has 3 aromatic rings. The summed E-state index contributed by atoms with van der Waals surface area (Å²) in [5.41, 5.74) is 3.43. The second kappa shape index (κ2) is 9.03.